The molecule has 3 aromatic carbocycles. The van der Waals surface area contributed by atoms with E-state index in [1.807, 2.05) is 35.2 Å². The SMILES string of the molecule is CCC1CCN(C(=O)c2cc(OCCc3ccccc3)cc(Oc3ccc(C#N)cc3)c2)CC1. The monoisotopic (exact) mass is 454 g/mol. The van der Waals surface area contributed by atoms with Crippen LogP contribution >= 0.6 is 0 Å². The molecule has 0 spiro atoms. The first-order valence-corrected chi connectivity index (χ1v) is 11.9. The minimum Gasteiger partial charge on any atom is -0.493 e. The molecule has 1 aliphatic rings. The third-order valence-electron chi connectivity index (χ3n) is 6.33. The molecule has 5 heteroatoms. The zero-order valence-electron chi connectivity index (χ0n) is 19.6. The molecular formula is C29H30N2O3. The molecule has 1 amide bonds. The van der Waals surface area contributed by atoms with Gasteiger partial charge in [0.05, 0.1) is 18.2 Å². The molecule has 1 aliphatic heterocycles. The summed E-state index contributed by atoms with van der Waals surface area (Å²) in [4.78, 5) is 15.2. The highest BCUT2D eigenvalue weighted by atomic mass is 16.5. The normalized spacial score (nSPS) is 13.8. The van der Waals surface area contributed by atoms with Crippen LogP contribution < -0.4 is 9.47 Å². The lowest BCUT2D eigenvalue weighted by Crippen LogP contribution is -2.38. The van der Waals surface area contributed by atoms with Gasteiger partial charge in [-0.1, -0.05) is 43.7 Å². The lowest BCUT2D eigenvalue weighted by atomic mass is 9.94. The highest BCUT2D eigenvalue weighted by molar-refractivity contribution is 5.95. The highest BCUT2D eigenvalue weighted by Crippen LogP contribution is 2.30. The number of hydrogen-bond acceptors (Lipinski definition) is 4. The molecule has 0 unspecified atom stereocenters. The van der Waals surface area contributed by atoms with E-state index in [-0.39, 0.29) is 5.91 Å². The van der Waals surface area contributed by atoms with Crippen LogP contribution in [0.5, 0.6) is 17.2 Å². The minimum atomic E-state index is 0.00717. The van der Waals surface area contributed by atoms with E-state index < -0.39 is 0 Å². The smallest absolute Gasteiger partial charge is 0.254 e. The third-order valence-corrected chi connectivity index (χ3v) is 6.33. The molecule has 1 heterocycles. The highest BCUT2D eigenvalue weighted by Gasteiger charge is 2.23. The summed E-state index contributed by atoms with van der Waals surface area (Å²) in [5, 5.41) is 9.02. The van der Waals surface area contributed by atoms with Gasteiger partial charge >= 0.3 is 0 Å². The second kappa shape index (κ2) is 11.4. The molecule has 0 aliphatic carbocycles. The standard InChI is InChI=1S/C29H30N2O3/c1-2-22-12-15-31(16-13-22)29(32)25-18-27(33-17-14-23-6-4-3-5-7-23)20-28(19-25)34-26-10-8-24(21-30)9-11-26/h3-11,18-20,22H,2,12-17H2,1H3. The van der Waals surface area contributed by atoms with Crippen molar-refractivity contribution in [3.05, 3.63) is 89.5 Å². The lowest BCUT2D eigenvalue weighted by Gasteiger charge is -2.31. The van der Waals surface area contributed by atoms with E-state index in [0.717, 1.165) is 38.8 Å². The second-order valence-electron chi connectivity index (χ2n) is 8.66. The predicted molar refractivity (Wildman–Crippen MR) is 132 cm³/mol. The quantitative estimate of drug-likeness (QED) is 0.404. The lowest BCUT2D eigenvalue weighted by molar-refractivity contribution is 0.0688. The summed E-state index contributed by atoms with van der Waals surface area (Å²) in [6, 6.07) is 24.6. The summed E-state index contributed by atoms with van der Waals surface area (Å²) in [5.74, 6) is 2.45. The van der Waals surface area contributed by atoms with Gasteiger partial charge < -0.3 is 14.4 Å². The zero-order valence-corrected chi connectivity index (χ0v) is 19.6. The fraction of sp³-hybridized carbons (Fsp3) is 0.310. The fourth-order valence-electron chi connectivity index (χ4n) is 4.23. The Morgan fingerprint density at radius 1 is 0.971 bits per heavy atom. The van der Waals surface area contributed by atoms with Crippen LogP contribution in [-0.2, 0) is 6.42 Å². The molecule has 1 saturated heterocycles. The van der Waals surface area contributed by atoms with Crippen LogP contribution in [-0.4, -0.2) is 30.5 Å². The molecule has 5 nitrogen and oxygen atoms in total. The summed E-state index contributed by atoms with van der Waals surface area (Å²) in [5.41, 5.74) is 2.33. The van der Waals surface area contributed by atoms with Gasteiger partial charge in [-0.15, -0.1) is 0 Å². The van der Waals surface area contributed by atoms with Crippen LogP contribution in [0.1, 0.15) is 47.7 Å². The van der Waals surface area contributed by atoms with Crippen LogP contribution in [0.4, 0.5) is 0 Å². The first kappa shape index (κ1) is 23.4. The van der Waals surface area contributed by atoms with E-state index in [1.54, 1.807) is 30.3 Å². The molecule has 4 rings (SSSR count). The van der Waals surface area contributed by atoms with Crippen molar-refractivity contribution >= 4 is 5.91 Å². The Morgan fingerprint density at radius 2 is 1.68 bits per heavy atom. The number of carbonyl (C=O) groups excluding carboxylic acids is 1. The van der Waals surface area contributed by atoms with Gasteiger partial charge in [0, 0.05) is 31.1 Å². The summed E-state index contributed by atoms with van der Waals surface area (Å²) < 4.78 is 12.1. The molecule has 0 saturated carbocycles. The van der Waals surface area contributed by atoms with E-state index >= 15 is 0 Å². The van der Waals surface area contributed by atoms with Gasteiger partial charge in [-0.05, 0) is 60.7 Å². The molecule has 34 heavy (non-hydrogen) atoms. The van der Waals surface area contributed by atoms with Crippen molar-refractivity contribution in [2.24, 2.45) is 5.92 Å². The van der Waals surface area contributed by atoms with E-state index in [2.05, 4.69) is 25.1 Å². The van der Waals surface area contributed by atoms with E-state index in [9.17, 15) is 4.79 Å². The summed E-state index contributed by atoms with van der Waals surface area (Å²) >= 11 is 0. The van der Waals surface area contributed by atoms with Gasteiger partial charge in [-0.2, -0.15) is 5.26 Å². The minimum absolute atomic E-state index is 0.00717. The fourth-order valence-corrected chi connectivity index (χ4v) is 4.23. The van der Waals surface area contributed by atoms with Crippen LogP contribution in [0.3, 0.4) is 0 Å². The zero-order chi connectivity index (χ0) is 23.8. The molecule has 0 bridgehead atoms. The Kier molecular flexibility index (Phi) is 7.83. The van der Waals surface area contributed by atoms with Crippen molar-refractivity contribution in [2.75, 3.05) is 19.7 Å². The first-order valence-electron chi connectivity index (χ1n) is 11.9. The van der Waals surface area contributed by atoms with Crippen molar-refractivity contribution in [3.8, 4) is 23.3 Å². The van der Waals surface area contributed by atoms with Crippen LogP contribution in [0.15, 0.2) is 72.8 Å². The van der Waals surface area contributed by atoms with Crippen LogP contribution in [0.2, 0.25) is 0 Å². The van der Waals surface area contributed by atoms with Crippen molar-refractivity contribution in [3.63, 3.8) is 0 Å². The maximum absolute atomic E-state index is 13.3. The second-order valence-corrected chi connectivity index (χ2v) is 8.66. The van der Waals surface area contributed by atoms with Gasteiger partial charge in [0.2, 0.25) is 0 Å². The molecule has 0 atom stereocenters. The number of nitriles is 1. The number of piperidine rings is 1. The van der Waals surface area contributed by atoms with Crippen molar-refractivity contribution in [1.29, 1.82) is 5.26 Å². The molecule has 3 aromatic rings. The number of amides is 1. The van der Waals surface area contributed by atoms with Gasteiger partial charge in [0.1, 0.15) is 17.2 Å². The number of likely N-dealkylation sites (tertiary alicyclic amines) is 1. The molecule has 0 aromatic heterocycles. The number of benzene rings is 3. The van der Waals surface area contributed by atoms with Crippen molar-refractivity contribution in [2.45, 2.75) is 32.6 Å². The topological polar surface area (TPSA) is 62.6 Å². The Labute approximate surface area is 201 Å². The maximum Gasteiger partial charge on any atom is 0.254 e. The maximum atomic E-state index is 13.3. The first-order chi connectivity index (χ1) is 16.6. The number of rotatable bonds is 8. The van der Waals surface area contributed by atoms with E-state index in [4.69, 9.17) is 14.7 Å². The summed E-state index contributed by atoms with van der Waals surface area (Å²) in [7, 11) is 0. The van der Waals surface area contributed by atoms with Gasteiger partial charge in [0.15, 0.2) is 0 Å². The van der Waals surface area contributed by atoms with Crippen molar-refractivity contribution < 1.29 is 14.3 Å². The average Bonchev–Trinajstić information content (AvgIpc) is 2.89. The van der Waals surface area contributed by atoms with Crippen LogP contribution in [0.25, 0.3) is 0 Å². The number of hydrogen-bond donors (Lipinski definition) is 0. The largest absolute Gasteiger partial charge is 0.493 e. The predicted octanol–water partition coefficient (Wildman–Crippen LogP) is 6.23. The van der Waals surface area contributed by atoms with Gasteiger partial charge in [0.25, 0.3) is 5.91 Å². The Hall–Kier alpha value is -3.78. The molecular weight excluding hydrogens is 424 g/mol. The third kappa shape index (κ3) is 6.17. The number of nitrogens with zero attached hydrogens (tertiary/aromatic N) is 2. The Balaban J connectivity index is 1.52. The molecule has 1 fully saturated rings. The molecule has 0 N–H and O–H groups in total. The Bertz CT molecular complexity index is 1130. The summed E-state index contributed by atoms with van der Waals surface area (Å²) in [6.45, 7) is 4.27. The molecule has 174 valence electrons. The summed E-state index contributed by atoms with van der Waals surface area (Å²) in [6.07, 6.45) is 4.03. The van der Waals surface area contributed by atoms with E-state index in [0.29, 0.717) is 40.9 Å². The van der Waals surface area contributed by atoms with Gasteiger partial charge in [-0.25, -0.2) is 0 Å². The Morgan fingerprint density at radius 3 is 2.35 bits per heavy atom. The molecule has 0 radical (unpaired) electrons. The average molecular weight is 455 g/mol. The van der Waals surface area contributed by atoms with Crippen molar-refractivity contribution in [1.82, 2.24) is 4.90 Å². The number of ether oxygens (including phenoxy) is 2. The van der Waals surface area contributed by atoms with Gasteiger partial charge in [-0.3, -0.25) is 4.79 Å². The van der Waals surface area contributed by atoms with E-state index in [1.165, 1.54) is 5.56 Å². The van der Waals surface area contributed by atoms with Crippen LogP contribution in [0, 0.1) is 17.2 Å². The number of carbonyl (C=O) groups is 1.